The third-order valence-corrected chi connectivity index (χ3v) is 4.67. The Kier molecular flexibility index (Phi) is 4.06. The van der Waals surface area contributed by atoms with Gasteiger partial charge in [0.1, 0.15) is 0 Å². The molecule has 3 rings (SSSR count). The third-order valence-electron chi connectivity index (χ3n) is 4.67. The summed E-state index contributed by atoms with van der Waals surface area (Å²) in [5, 5.41) is 3.73. The number of aromatic nitrogens is 2. The molecule has 2 fully saturated rings. The zero-order valence-corrected chi connectivity index (χ0v) is 12.3. The van der Waals surface area contributed by atoms with Gasteiger partial charge in [-0.3, -0.25) is 4.90 Å². The number of nitrogens with zero attached hydrogens (tertiary/aromatic N) is 3. The van der Waals surface area contributed by atoms with Crippen molar-refractivity contribution in [2.75, 3.05) is 19.6 Å². The molecule has 0 aromatic carbocycles. The van der Waals surface area contributed by atoms with Gasteiger partial charge in [0.05, 0.1) is 0 Å². The van der Waals surface area contributed by atoms with Crippen molar-refractivity contribution in [1.82, 2.24) is 15.0 Å². The van der Waals surface area contributed by atoms with Crippen molar-refractivity contribution in [3.8, 4) is 0 Å². The smallest absolute Gasteiger partial charge is 0.265 e. The Bertz CT molecular complexity index is 444. The summed E-state index contributed by atoms with van der Waals surface area (Å²) in [7, 11) is 0. The molecular formula is C15H24FN3O. The number of hydrogen-bond donors (Lipinski definition) is 0. The molecule has 1 aliphatic heterocycles. The highest BCUT2D eigenvalue weighted by Crippen LogP contribution is 2.35. The Morgan fingerprint density at radius 2 is 2.10 bits per heavy atom. The van der Waals surface area contributed by atoms with E-state index in [2.05, 4.69) is 15.0 Å². The standard InChI is InChI=1S/C15H24FN3O/c1-12-17-14(20-18-12)15(16)8-5-9-19(11-15)10-13-6-3-2-4-7-13/h13H,2-11H2,1H3. The van der Waals surface area contributed by atoms with Crippen LogP contribution in [-0.4, -0.2) is 34.7 Å². The molecule has 1 saturated heterocycles. The fraction of sp³-hybridized carbons (Fsp3) is 0.867. The van der Waals surface area contributed by atoms with Gasteiger partial charge in [-0.1, -0.05) is 24.4 Å². The minimum Gasteiger partial charge on any atom is -0.336 e. The van der Waals surface area contributed by atoms with E-state index in [1.807, 2.05) is 0 Å². The molecule has 1 unspecified atom stereocenters. The molecule has 0 spiro atoms. The van der Waals surface area contributed by atoms with Crippen LogP contribution in [0.25, 0.3) is 0 Å². The minimum absolute atomic E-state index is 0.170. The van der Waals surface area contributed by atoms with E-state index in [0.29, 0.717) is 18.8 Å². The lowest BCUT2D eigenvalue weighted by Crippen LogP contribution is -2.45. The second-order valence-corrected chi connectivity index (χ2v) is 6.45. The van der Waals surface area contributed by atoms with E-state index in [1.165, 1.54) is 32.1 Å². The third kappa shape index (κ3) is 3.03. The number of halogens is 1. The molecule has 112 valence electrons. The first-order valence-corrected chi connectivity index (χ1v) is 7.88. The molecule has 1 aliphatic carbocycles. The maximum absolute atomic E-state index is 15.1. The quantitative estimate of drug-likeness (QED) is 0.853. The van der Waals surface area contributed by atoms with Crippen molar-refractivity contribution in [1.29, 1.82) is 0 Å². The molecular weight excluding hydrogens is 257 g/mol. The average molecular weight is 281 g/mol. The van der Waals surface area contributed by atoms with E-state index in [-0.39, 0.29) is 5.89 Å². The number of piperidine rings is 1. The van der Waals surface area contributed by atoms with Gasteiger partial charge in [-0.15, -0.1) is 0 Å². The molecule has 0 N–H and O–H groups in total. The first kappa shape index (κ1) is 14.0. The Hall–Kier alpha value is -0.970. The molecule has 0 bridgehead atoms. The van der Waals surface area contributed by atoms with Gasteiger partial charge in [-0.25, -0.2) is 4.39 Å². The molecule has 20 heavy (non-hydrogen) atoms. The van der Waals surface area contributed by atoms with Crippen molar-refractivity contribution in [3.63, 3.8) is 0 Å². The Morgan fingerprint density at radius 3 is 2.80 bits per heavy atom. The number of likely N-dealkylation sites (tertiary alicyclic amines) is 1. The van der Waals surface area contributed by atoms with E-state index in [9.17, 15) is 0 Å². The van der Waals surface area contributed by atoms with Crippen molar-refractivity contribution >= 4 is 0 Å². The summed E-state index contributed by atoms with van der Waals surface area (Å²) in [6, 6.07) is 0. The fourth-order valence-corrected chi connectivity index (χ4v) is 3.64. The highest BCUT2D eigenvalue weighted by Gasteiger charge is 2.42. The summed E-state index contributed by atoms with van der Waals surface area (Å²) in [5.41, 5.74) is -1.45. The maximum Gasteiger partial charge on any atom is 0.265 e. The van der Waals surface area contributed by atoms with Crippen LogP contribution in [0.2, 0.25) is 0 Å². The van der Waals surface area contributed by atoms with Gasteiger partial charge < -0.3 is 4.52 Å². The highest BCUT2D eigenvalue weighted by molar-refractivity contribution is 5.02. The average Bonchev–Trinajstić information content (AvgIpc) is 2.88. The molecule has 0 amide bonds. The Balaban J connectivity index is 1.63. The van der Waals surface area contributed by atoms with E-state index < -0.39 is 5.67 Å². The number of rotatable bonds is 3. The van der Waals surface area contributed by atoms with Crippen molar-refractivity contribution < 1.29 is 8.91 Å². The van der Waals surface area contributed by atoms with Crippen LogP contribution in [0.3, 0.4) is 0 Å². The first-order valence-electron chi connectivity index (χ1n) is 7.88. The molecule has 4 nitrogen and oxygen atoms in total. The second-order valence-electron chi connectivity index (χ2n) is 6.45. The molecule has 2 aliphatic rings. The van der Waals surface area contributed by atoms with Gasteiger partial charge in [0.2, 0.25) is 5.67 Å². The second kappa shape index (κ2) is 5.80. The van der Waals surface area contributed by atoms with Gasteiger partial charge in [-0.05, 0) is 45.1 Å². The predicted molar refractivity (Wildman–Crippen MR) is 74.1 cm³/mol. The van der Waals surface area contributed by atoms with Crippen LogP contribution in [0.5, 0.6) is 0 Å². The summed E-state index contributed by atoms with van der Waals surface area (Å²) in [6.07, 6.45) is 8.00. The zero-order valence-electron chi connectivity index (χ0n) is 12.3. The molecule has 5 heteroatoms. The largest absolute Gasteiger partial charge is 0.336 e. The van der Waals surface area contributed by atoms with Crippen LogP contribution in [0.4, 0.5) is 4.39 Å². The number of alkyl halides is 1. The van der Waals surface area contributed by atoms with E-state index in [1.54, 1.807) is 6.92 Å². The van der Waals surface area contributed by atoms with E-state index in [4.69, 9.17) is 4.52 Å². The normalized spacial score (nSPS) is 29.7. The number of hydrogen-bond acceptors (Lipinski definition) is 4. The molecule has 1 aromatic rings. The Morgan fingerprint density at radius 1 is 1.30 bits per heavy atom. The van der Waals surface area contributed by atoms with Crippen LogP contribution in [0, 0.1) is 12.8 Å². The van der Waals surface area contributed by atoms with Gasteiger partial charge in [0, 0.05) is 13.1 Å². The van der Waals surface area contributed by atoms with E-state index in [0.717, 1.165) is 25.4 Å². The lowest BCUT2D eigenvalue weighted by atomic mass is 9.87. The lowest BCUT2D eigenvalue weighted by Gasteiger charge is -2.37. The summed E-state index contributed by atoms with van der Waals surface area (Å²) in [6.45, 7) is 4.16. The van der Waals surface area contributed by atoms with Crippen LogP contribution in [0.15, 0.2) is 4.52 Å². The van der Waals surface area contributed by atoms with Crippen molar-refractivity contribution in [2.24, 2.45) is 5.92 Å². The monoisotopic (exact) mass is 281 g/mol. The molecule has 0 radical (unpaired) electrons. The summed E-state index contributed by atoms with van der Waals surface area (Å²) < 4.78 is 20.2. The minimum atomic E-state index is -1.45. The lowest BCUT2D eigenvalue weighted by molar-refractivity contribution is 0.00744. The number of aryl methyl sites for hydroxylation is 1. The van der Waals surface area contributed by atoms with Gasteiger partial charge in [-0.2, -0.15) is 4.98 Å². The highest BCUT2D eigenvalue weighted by atomic mass is 19.1. The fourth-order valence-electron chi connectivity index (χ4n) is 3.64. The van der Waals surface area contributed by atoms with Gasteiger partial charge >= 0.3 is 0 Å². The summed E-state index contributed by atoms with van der Waals surface area (Å²) in [5.74, 6) is 1.43. The zero-order chi connectivity index (χ0) is 14.0. The summed E-state index contributed by atoms with van der Waals surface area (Å²) >= 11 is 0. The maximum atomic E-state index is 15.1. The van der Waals surface area contributed by atoms with Crippen LogP contribution < -0.4 is 0 Å². The van der Waals surface area contributed by atoms with Crippen LogP contribution in [-0.2, 0) is 5.67 Å². The topological polar surface area (TPSA) is 42.2 Å². The van der Waals surface area contributed by atoms with E-state index >= 15 is 4.39 Å². The summed E-state index contributed by atoms with van der Waals surface area (Å²) in [4.78, 5) is 6.37. The van der Waals surface area contributed by atoms with Gasteiger partial charge in [0.25, 0.3) is 5.89 Å². The van der Waals surface area contributed by atoms with Crippen molar-refractivity contribution in [2.45, 2.75) is 57.5 Å². The molecule has 1 aromatic heterocycles. The molecule has 1 saturated carbocycles. The molecule has 1 atom stereocenters. The first-order chi connectivity index (χ1) is 9.66. The van der Waals surface area contributed by atoms with Crippen LogP contribution in [0.1, 0.15) is 56.7 Å². The predicted octanol–water partition coefficient (Wildman–Crippen LogP) is 3.22. The molecule has 2 heterocycles. The van der Waals surface area contributed by atoms with Gasteiger partial charge in [0.15, 0.2) is 5.82 Å². The van der Waals surface area contributed by atoms with Crippen LogP contribution >= 0.6 is 0 Å². The van der Waals surface area contributed by atoms with Crippen molar-refractivity contribution in [3.05, 3.63) is 11.7 Å². The Labute approximate surface area is 119 Å². The SMILES string of the molecule is Cc1noc(C2(F)CCCN(CC3CCCCC3)C2)n1.